The summed E-state index contributed by atoms with van der Waals surface area (Å²) in [7, 11) is 0. The zero-order valence-corrected chi connectivity index (χ0v) is 2.90. The van der Waals surface area contributed by atoms with Crippen molar-refractivity contribution in [3.63, 3.8) is 0 Å². The molecule has 0 fully saturated rings. The van der Waals surface area contributed by atoms with Crippen molar-refractivity contribution in [3.05, 3.63) is 0 Å². The minimum absolute atomic E-state index is 0.142. The first kappa shape index (κ1) is 4.88. The second-order valence-electron chi connectivity index (χ2n) is 0.658. The minimum Gasteiger partial charge on any atom is -0.271 e. The maximum Gasteiger partial charge on any atom is 0.0960 e. The van der Waals surface area contributed by atoms with Gasteiger partial charge in [-0.1, -0.05) is 0 Å². The quantitative estimate of drug-likeness (QED) is 0.322. The highest BCUT2D eigenvalue weighted by atomic mass is 16.3. The third kappa shape index (κ3) is 3.88. The molecule has 0 heterocycles. The van der Waals surface area contributed by atoms with E-state index in [1.165, 1.54) is 0 Å². The van der Waals surface area contributed by atoms with Gasteiger partial charge in [-0.2, -0.15) is 0 Å². The van der Waals surface area contributed by atoms with Crippen molar-refractivity contribution in [2.75, 3.05) is 13.2 Å². The Hall–Kier alpha value is -0.120. The maximum absolute atomic E-state index is 9.39. The van der Waals surface area contributed by atoms with Gasteiger partial charge in [-0.25, -0.2) is 5.11 Å². The molecule has 0 rings (SSSR count). The summed E-state index contributed by atoms with van der Waals surface area (Å²) in [5.41, 5.74) is 2.20. The zero-order chi connectivity index (χ0) is 4.12. The molecule has 0 aromatic carbocycles. The van der Waals surface area contributed by atoms with E-state index in [1.807, 2.05) is 0 Å². The van der Waals surface area contributed by atoms with E-state index in [2.05, 4.69) is 11.3 Å². The molecule has 5 heavy (non-hydrogen) atoms. The Labute approximate surface area is 30.8 Å². The van der Waals surface area contributed by atoms with Crippen LogP contribution in [-0.2, 0) is 5.11 Å². The van der Waals surface area contributed by atoms with Crippen LogP contribution in [-0.4, -0.2) is 13.2 Å². The number of nitrogens with one attached hydrogen (secondary N) is 1. The van der Waals surface area contributed by atoms with Gasteiger partial charge in [0.05, 0.1) is 6.61 Å². The summed E-state index contributed by atoms with van der Waals surface area (Å²) < 4.78 is 0. The van der Waals surface area contributed by atoms with Gasteiger partial charge in [0.15, 0.2) is 0 Å². The molecule has 31 valence electrons. The molecule has 0 bridgehead atoms. The molecule has 0 aliphatic heterocycles. The smallest absolute Gasteiger partial charge is 0.0960 e. The number of nitrogens with two attached hydrogens (primary N) is 1. The Morgan fingerprint density at radius 2 is 2.40 bits per heavy atom. The van der Waals surface area contributed by atoms with Gasteiger partial charge in [-0.05, 0) is 0 Å². The van der Waals surface area contributed by atoms with Crippen LogP contribution < -0.4 is 11.3 Å². The van der Waals surface area contributed by atoms with Crippen molar-refractivity contribution < 1.29 is 5.11 Å². The Morgan fingerprint density at radius 1 is 1.80 bits per heavy atom. The molecular formula is C2H7N2O. The maximum atomic E-state index is 9.39. The van der Waals surface area contributed by atoms with Crippen LogP contribution in [0.25, 0.3) is 0 Å². The van der Waals surface area contributed by atoms with Crippen molar-refractivity contribution in [1.82, 2.24) is 5.43 Å². The van der Waals surface area contributed by atoms with Gasteiger partial charge in [0.2, 0.25) is 0 Å². The summed E-state index contributed by atoms with van der Waals surface area (Å²) in [6, 6.07) is 0. The van der Waals surface area contributed by atoms with Crippen LogP contribution in [0.2, 0.25) is 0 Å². The van der Waals surface area contributed by atoms with Crippen LogP contribution >= 0.6 is 0 Å². The summed E-state index contributed by atoms with van der Waals surface area (Å²) >= 11 is 0. The molecule has 0 atom stereocenters. The van der Waals surface area contributed by atoms with Crippen molar-refractivity contribution in [3.8, 4) is 0 Å². The first-order valence-electron chi connectivity index (χ1n) is 1.43. The second-order valence-corrected chi connectivity index (χ2v) is 0.658. The molecule has 0 aromatic rings. The van der Waals surface area contributed by atoms with Gasteiger partial charge in [0.1, 0.15) is 0 Å². The summed E-state index contributed by atoms with van der Waals surface area (Å²) in [5.74, 6) is 4.69. The van der Waals surface area contributed by atoms with Crippen LogP contribution in [0.4, 0.5) is 0 Å². The average molecular weight is 75.1 g/mol. The van der Waals surface area contributed by atoms with Crippen molar-refractivity contribution in [2.45, 2.75) is 0 Å². The average Bonchev–Trinajstić information content (AvgIpc) is 1.41. The summed E-state index contributed by atoms with van der Waals surface area (Å²) in [5, 5.41) is 9.39. The van der Waals surface area contributed by atoms with E-state index in [0.717, 1.165) is 0 Å². The van der Waals surface area contributed by atoms with Crippen molar-refractivity contribution in [1.29, 1.82) is 0 Å². The van der Waals surface area contributed by atoms with Gasteiger partial charge in [0, 0.05) is 6.54 Å². The normalized spacial score (nSPS) is 8.40. The Morgan fingerprint density at radius 3 is 2.40 bits per heavy atom. The molecule has 3 nitrogen and oxygen atoms in total. The highest BCUT2D eigenvalue weighted by Gasteiger charge is 1.68. The van der Waals surface area contributed by atoms with E-state index in [1.54, 1.807) is 0 Å². The SMILES string of the molecule is NNCC[O]. The number of hydrazine groups is 1. The molecule has 0 aliphatic carbocycles. The number of rotatable bonds is 2. The van der Waals surface area contributed by atoms with Gasteiger partial charge in [0.25, 0.3) is 0 Å². The molecule has 0 spiro atoms. The van der Waals surface area contributed by atoms with Crippen LogP contribution in [0.15, 0.2) is 0 Å². The summed E-state index contributed by atoms with van der Waals surface area (Å²) in [4.78, 5) is 0. The third-order valence-corrected chi connectivity index (χ3v) is 0.246. The molecule has 0 aliphatic rings. The lowest BCUT2D eigenvalue weighted by Gasteiger charge is -1.82. The summed E-state index contributed by atoms with van der Waals surface area (Å²) in [6.07, 6.45) is 0. The fraction of sp³-hybridized carbons (Fsp3) is 1.00. The predicted molar refractivity (Wildman–Crippen MR) is 17.7 cm³/mol. The molecule has 0 amide bonds. The monoisotopic (exact) mass is 75.1 g/mol. The predicted octanol–water partition coefficient (Wildman–Crippen LogP) is -1.12. The number of hydrogen-bond donors (Lipinski definition) is 2. The van der Waals surface area contributed by atoms with Crippen LogP contribution in [0.5, 0.6) is 0 Å². The molecule has 3 N–H and O–H groups in total. The fourth-order valence-corrected chi connectivity index (χ4v) is 0.0589. The standard InChI is InChI=1S/C2H7N2O/c3-4-1-2-5/h4H,1-3H2. The van der Waals surface area contributed by atoms with E-state index in [-0.39, 0.29) is 6.61 Å². The van der Waals surface area contributed by atoms with E-state index in [9.17, 15) is 5.11 Å². The second kappa shape index (κ2) is 3.88. The minimum atomic E-state index is -0.142. The van der Waals surface area contributed by atoms with Crippen molar-refractivity contribution in [2.24, 2.45) is 5.84 Å². The van der Waals surface area contributed by atoms with E-state index >= 15 is 0 Å². The molecule has 0 saturated heterocycles. The van der Waals surface area contributed by atoms with E-state index in [0.29, 0.717) is 6.54 Å². The topological polar surface area (TPSA) is 57.9 Å². The molecule has 0 aromatic heterocycles. The molecule has 0 unspecified atom stereocenters. The van der Waals surface area contributed by atoms with Crippen LogP contribution in [0.1, 0.15) is 0 Å². The third-order valence-electron chi connectivity index (χ3n) is 0.246. The van der Waals surface area contributed by atoms with Crippen molar-refractivity contribution >= 4 is 0 Å². The summed E-state index contributed by atoms with van der Waals surface area (Å²) in [6.45, 7) is 0.219. The van der Waals surface area contributed by atoms with Crippen LogP contribution in [0.3, 0.4) is 0 Å². The Kier molecular flexibility index (Phi) is 3.79. The lowest BCUT2D eigenvalue weighted by molar-refractivity contribution is 0.194. The van der Waals surface area contributed by atoms with E-state index < -0.39 is 0 Å². The molecule has 1 radical (unpaired) electrons. The first-order valence-corrected chi connectivity index (χ1v) is 1.43. The van der Waals surface area contributed by atoms with E-state index in [4.69, 9.17) is 0 Å². The lowest BCUT2D eigenvalue weighted by Crippen LogP contribution is -2.24. The first-order chi connectivity index (χ1) is 2.41. The lowest BCUT2D eigenvalue weighted by atomic mass is 10.7. The zero-order valence-electron chi connectivity index (χ0n) is 2.90. The molecule has 3 heteroatoms. The molecular weight excluding hydrogens is 68.0 g/mol. The van der Waals surface area contributed by atoms with Gasteiger partial charge in [-0.3, -0.25) is 11.3 Å². The van der Waals surface area contributed by atoms with Crippen LogP contribution in [0, 0.1) is 0 Å². The Balaban J connectivity index is 2.19. The highest BCUT2D eigenvalue weighted by molar-refractivity contribution is 4.23. The van der Waals surface area contributed by atoms with Gasteiger partial charge < -0.3 is 0 Å². The van der Waals surface area contributed by atoms with Gasteiger partial charge >= 0.3 is 0 Å². The van der Waals surface area contributed by atoms with Gasteiger partial charge in [-0.15, -0.1) is 0 Å². The fourth-order valence-electron chi connectivity index (χ4n) is 0.0589. The highest BCUT2D eigenvalue weighted by Crippen LogP contribution is 1.42. The number of hydrogen-bond acceptors (Lipinski definition) is 2. The largest absolute Gasteiger partial charge is 0.271 e. The Bertz CT molecular complexity index is 15.1. The molecule has 0 saturated carbocycles.